The molecule has 0 saturated heterocycles. The zero-order valence-electron chi connectivity index (χ0n) is 11.9. The summed E-state index contributed by atoms with van der Waals surface area (Å²) in [7, 11) is -2.66. The predicted octanol–water partition coefficient (Wildman–Crippen LogP) is 2.54. The first kappa shape index (κ1) is 17.5. The number of isocyanates is 1. The van der Waals surface area contributed by atoms with Crippen LogP contribution in [0.4, 0.5) is 0 Å². The zero-order valence-corrected chi connectivity index (χ0v) is 12.9. The molecule has 0 spiro atoms. The van der Waals surface area contributed by atoms with E-state index in [0.717, 1.165) is 12.8 Å². The van der Waals surface area contributed by atoms with Gasteiger partial charge in [0.2, 0.25) is 6.08 Å². The van der Waals surface area contributed by atoms with Gasteiger partial charge in [0.05, 0.1) is 6.54 Å². The number of hydrogen-bond acceptors (Lipinski definition) is 5. The van der Waals surface area contributed by atoms with Crippen LogP contribution in [0, 0.1) is 0 Å². The van der Waals surface area contributed by atoms with Crippen LogP contribution in [-0.2, 0) is 18.1 Å². The lowest BCUT2D eigenvalue weighted by Gasteiger charge is -2.34. The van der Waals surface area contributed by atoms with Gasteiger partial charge in [-0.2, -0.15) is 0 Å². The van der Waals surface area contributed by atoms with E-state index in [-0.39, 0.29) is 5.54 Å². The van der Waals surface area contributed by atoms with Crippen LogP contribution in [0.15, 0.2) is 4.99 Å². The fourth-order valence-corrected chi connectivity index (χ4v) is 5.13. The van der Waals surface area contributed by atoms with Crippen LogP contribution in [0.2, 0.25) is 5.54 Å². The van der Waals surface area contributed by atoms with Gasteiger partial charge in [0.1, 0.15) is 0 Å². The van der Waals surface area contributed by atoms with Crippen molar-refractivity contribution in [3.05, 3.63) is 0 Å². The lowest BCUT2D eigenvalue weighted by molar-refractivity contribution is 0.0594. The monoisotopic (exact) mass is 275 g/mol. The van der Waals surface area contributed by atoms with Gasteiger partial charge >= 0.3 is 8.80 Å². The van der Waals surface area contributed by atoms with E-state index in [2.05, 4.69) is 11.9 Å². The van der Waals surface area contributed by atoms with Crippen molar-refractivity contribution < 1.29 is 18.1 Å². The minimum absolute atomic E-state index is 0.175. The minimum atomic E-state index is -2.66. The van der Waals surface area contributed by atoms with Gasteiger partial charge in [0.25, 0.3) is 0 Å². The summed E-state index contributed by atoms with van der Waals surface area (Å²) in [6.45, 7) is 10.1. The van der Waals surface area contributed by atoms with Crippen LogP contribution in [-0.4, -0.2) is 41.2 Å². The van der Waals surface area contributed by atoms with Crippen LogP contribution in [0.25, 0.3) is 0 Å². The summed E-state index contributed by atoms with van der Waals surface area (Å²) >= 11 is 0. The third-order valence-corrected chi connectivity index (χ3v) is 6.45. The Kier molecular flexibility index (Phi) is 10.1. The molecular weight excluding hydrogens is 250 g/mol. The third-order valence-electron chi connectivity index (χ3n) is 2.68. The van der Waals surface area contributed by atoms with Crippen molar-refractivity contribution in [1.29, 1.82) is 0 Å². The van der Waals surface area contributed by atoms with E-state index in [1.54, 1.807) is 6.08 Å². The van der Waals surface area contributed by atoms with Gasteiger partial charge < -0.3 is 13.3 Å². The topological polar surface area (TPSA) is 57.1 Å². The maximum absolute atomic E-state index is 10.1. The van der Waals surface area contributed by atoms with E-state index < -0.39 is 8.80 Å². The number of aliphatic imine (C=N–C) groups is 1. The molecule has 0 aromatic heterocycles. The Morgan fingerprint density at radius 2 is 1.56 bits per heavy atom. The molecule has 5 nitrogen and oxygen atoms in total. The van der Waals surface area contributed by atoms with Crippen LogP contribution < -0.4 is 0 Å². The summed E-state index contributed by atoms with van der Waals surface area (Å²) in [5, 5.41) is 0. The second-order valence-corrected chi connectivity index (χ2v) is 6.66. The van der Waals surface area contributed by atoms with Crippen molar-refractivity contribution in [2.45, 2.75) is 46.1 Å². The van der Waals surface area contributed by atoms with Crippen molar-refractivity contribution >= 4 is 14.9 Å². The predicted molar refractivity (Wildman–Crippen MR) is 72.3 cm³/mol. The van der Waals surface area contributed by atoms with Crippen LogP contribution in [0.3, 0.4) is 0 Å². The summed E-state index contributed by atoms with van der Waals surface area (Å²) in [6, 6.07) is 0. The van der Waals surface area contributed by atoms with Gasteiger partial charge in [0.15, 0.2) is 0 Å². The average molecular weight is 275 g/mol. The minimum Gasteiger partial charge on any atom is -0.374 e. The molecule has 0 aliphatic heterocycles. The Labute approximate surface area is 111 Å². The molecule has 6 heteroatoms. The zero-order chi connectivity index (χ0) is 13.9. The summed E-state index contributed by atoms with van der Waals surface area (Å²) in [5.41, 5.74) is 0.175. The molecule has 0 bridgehead atoms. The molecule has 0 aromatic carbocycles. The van der Waals surface area contributed by atoms with Crippen molar-refractivity contribution in [3.63, 3.8) is 0 Å². The first-order valence-corrected chi connectivity index (χ1v) is 8.46. The average Bonchev–Trinajstić information content (AvgIpc) is 2.35. The quantitative estimate of drug-likeness (QED) is 0.330. The van der Waals surface area contributed by atoms with E-state index in [1.165, 1.54) is 0 Å². The fourth-order valence-electron chi connectivity index (χ4n) is 1.98. The van der Waals surface area contributed by atoms with Gasteiger partial charge in [-0.1, -0.05) is 6.92 Å². The largest absolute Gasteiger partial charge is 0.504 e. The number of hydrogen-bond donors (Lipinski definition) is 0. The molecule has 0 aromatic rings. The summed E-state index contributed by atoms with van der Waals surface area (Å²) in [6.07, 6.45) is 3.19. The Bertz CT molecular complexity index is 239. The van der Waals surface area contributed by atoms with Crippen molar-refractivity contribution in [2.75, 3.05) is 26.4 Å². The van der Waals surface area contributed by atoms with E-state index in [0.29, 0.717) is 26.4 Å². The first-order chi connectivity index (χ1) is 8.70. The summed E-state index contributed by atoms with van der Waals surface area (Å²) in [4.78, 5) is 13.7. The highest BCUT2D eigenvalue weighted by atomic mass is 28.4. The van der Waals surface area contributed by atoms with Crippen LogP contribution in [0.5, 0.6) is 0 Å². The molecule has 0 rings (SSSR count). The molecular formula is C12H25NO4Si. The molecule has 0 heterocycles. The Morgan fingerprint density at radius 1 is 1.06 bits per heavy atom. The fraction of sp³-hybridized carbons (Fsp3) is 0.917. The van der Waals surface area contributed by atoms with E-state index in [4.69, 9.17) is 13.3 Å². The maximum atomic E-state index is 10.1. The second kappa shape index (κ2) is 10.4. The molecule has 1 atom stereocenters. The smallest absolute Gasteiger partial charge is 0.374 e. The highest BCUT2D eigenvalue weighted by molar-refractivity contribution is 6.62. The van der Waals surface area contributed by atoms with E-state index in [9.17, 15) is 4.79 Å². The van der Waals surface area contributed by atoms with Crippen LogP contribution >= 0.6 is 0 Å². The first-order valence-electron chi connectivity index (χ1n) is 6.66. The molecule has 0 saturated carbocycles. The number of carbonyl (C=O) groups excluding carboxylic acids is 1. The van der Waals surface area contributed by atoms with Gasteiger partial charge in [-0.3, -0.25) is 0 Å². The highest BCUT2D eigenvalue weighted by Crippen LogP contribution is 2.32. The lowest BCUT2D eigenvalue weighted by Crippen LogP contribution is -2.50. The summed E-state index contributed by atoms with van der Waals surface area (Å²) in [5.74, 6) is 0. The highest BCUT2D eigenvalue weighted by Gasteiger charge is 2.47. The second-order valence-electron chi connectivity index (χ2n) is 3.77. The van der Waals surface area contributed by atoms with Crippen molar-refractivity contribution in [3.8, 4) is 0 Å². The maximum Gasteiger partial charge on any atom is 0.504 e. The number of nitrogens with zero attached hydrogens (tertiary/aromatic N) is 1. The molecule has 106 valence electrons. The normalized spacial score (nSPS) is 13.1. The van der Waals surface area contributed by atoms with Gasteiger partial charge in [-0.15, -0.1) is 0 Å². The molecule has 0 aliphatic rings. The Balaban J connectivity index is 4.86. The van der Waals surface area contributed by atoms with Gasteiger partial charge in [-0.25, -0.2) is 9.79 Å². The van der Waals surface area contributed by atoms with Gasteiger partial charge in [-0.05, 0) is 33.6 Å². The standard InChI is InChI=1S/C12H25NO4Si/c1-5-12(9-10-13-11-14)18(15-6-2,16-7-3)17-8-4/h12H,5-10H2,1-4H3. The van der Waals surface area contributed by atoms with Gasteiger partial charge in [0, 0.05) is 25.4 Å². The molecule has 0 radical (unpaired) electrons. The molecule has 0 amide bonds. The molecule has 0 aliphatic carbocycles. The van der Waals surface area contributed by atoms with Crippen molar-refractivity contribution in [1.82, 2.24) is 0 Å². The molecule has 1 unspecified atom stereocenters. The Morgan fingerprint density at radius 3 is 1.89 bits per heavy atom. The van der Waals surface area contributed by atoms with E-state index >= 15 is 0 Å². The number of rotatable bonds is 11. The van der Waals surface area contributed by atoms with Crippen LogP contribution in [0.1, 0.15) is 40.5 Å². The molecule has 0 fully saturated rings. The Hall–Kier alpha value is -0.523. The third kappa shape index (κ3) is 5.41. The molecule has 0 N–H and O–H groups in total. The van der Waals surface area contributed by atoms with E-state index in [1.807, 2.05) is 20.8 Å². The lowest BCUT2D eigenvalue weighted by atomic mass is 10.2. The summed E-state index contributed by atoms with van der Waals surface area (Å²) < 4.78 is 17.5. The SMILES string of the molecule is CCO[Si](OCC)(OCC)C(CC)CCN=C=O. The molecule has 18 heavy (non-hydrogen) atoms. The van der Waals surface area contributed by atoms with Crippen molar-refractivity contribution in [2.24, 2.45) is 4.99 Å².